The average molecular weight is 160 g/mol. The molecule has 12 heavy (non-hydrogen) atoms. The molecule has 2 heterocycles. The van der Waals surface area contributed by atoms with Crippen molar-refractivity contribution in [1.82, 2.24) is 5.01 Å². The average Bonchev–Trinajstić information content (AvgIpc) is 2.02. The Kier molecular flexibility index (Phi) is 1.43. The van der Waals surface area contributed by atoms with Crippen molar-refractivity contribution in [3.63, 3.8) is 0 Å². The minimum absolute atomic E-state index is 0.156. The van der Waals surface area contributed by atoms with Crippen molar-refractivity contribution in [2.75, 3.05) is 0 Å². The van der Waals surface area contributed by atoms with Crippen molar-refractivity contribution in [3.8, 4) is 0 Å². The van der Waals surface area contributed by atoms with Gasteiger partial charge in [0.15, 0.2) is 0 Å². The topological polar surface area (TPSA) is 15.6 Å². The molecular weight excluding hydrogens is 148 g/mol. The van der Waals surface area contributed by atoms with Crippen molar-refractivity contribution < 1.29 is 0 Å². The second kappa shape index (κ2) is 2.34. The molecule has 0 fully saturated rings. The van der Waals surface area contributed by atoms with E-state index in [0.29, 0.717) is 0 Å². The molecule has 0 saturated carbocycles. The SMILES string of the molecule is CC1(C)C=CN2N=CC=CC2=C1. The fraction of sp³-hybridized carbons (Fsp3) is 0.300. The van der Waals surface area contributed by atoms with Crippen LogP contribution in [0.4, 0.5) is 0 Å². The molecule has 62 valence electrons. The minimum atomic E-state index is 0.156. The molecule has 2 nitrogen and oxygen atoms in total. The normalized spacial score (nSPS) is 23.8. The molecule has 0 bridgehead atoms. The highest BCUT2D eigenvalue weighted by molar-refractivity contribution is 5.73. The lowest BCUT2D eigenvalue weighted by molar-refractivity contribution is 0.459. The molecule has 2 heteroatoms. The second-order valence-corrected chi connectivity index (χ2v) is 3.67. The number of hydrazone groups is 1. The number of fused-ring (bicyclic) bond motifs is 1. The van der Waals surface area contributed by atoms with Gasteiger partial charge in [-0.1, -0.05) is 19.9 Å². The lowest BCUT2D eigenvalue weighted by Gasteiger charge is -2.28. The lowest BCUT2D eigenvalue weighted by atomic mass is 9.90. The van der Waals surface area contributed by atoms with E-state index in [1.54, 1.807) is 6.21 Å². The van der Waals surface area contributed by atoms with Crippen molar-refractivity contribution in [2.24, 2.45) is 10.5 Å². The predicted molar refractivity (Wildman–Crippen MR) is 50.5 cm³/mol. The van der Waals surface area contributed by atoms with Gasteiger partial charge < -0.3 is 0 Å². The first-order valence-electron chi connectivity index (χ1n) is 4.09. The maximum Gasteiger partial charge on any atom is 0.0614 e. The van der Waals surface area contributed by atoms with Crippen molar-refractivity contribution >= 4 is 6.21 Å². The summed E-state index contributed by atoms with van der Waals surface area (Å²) in [6.45, 7) is 4.36. The van der Waals surface area contributed by atoms with Crippen LogP contribution in [0.15, 0.2) is 41.3 Å². The van der Waals surface area contributed by atoms with E-state index in [2.05, 4.69) is 37.2 Å². The zero-order chi connectivity index (χ0) is 8.60. The molecular formula is C10H12N2. The van der Waals surface area contributed by atoms with Gasteiger partial charge in [-0.05, 0) is 18.2 Å². The molecule has 0 aromatic carbocycles. The molecule has 0 spiro atoms. The zero-order valence-corrected chi connectivity index (χ0v) is 7.36. The largest absolute Gasteiger partial charge is 0.242 e. The highest BCUT2D eigenvalue weighted by Crippen LogP contribution is 2.28. The third kappa shape index (κ3) is 1.20. The Morgan fingerprint density at radius 1 is 1.42 bits per heavy atom. The molecule has 0 unspecified atom stereocenters. The summed E-state index contributed by atoms with van der Waals surface area (Å²) in [7, 11) is 0. The maximum atomic E-state index is 4.18. The summed E-state index contributed by atoms with van der Waals surface area (Å²) in [5, 5.41) is 6.06. The van der Waals surface area contributed by atoms with E-state index in [4.69, 9.17) is 0 Å². The summed E-state index contributed by atoms with van der Waals surface area (Å²) < 4.78 is 0. The summed E-state index contributed by atoms with van der Waals surface area (Å²) in [5.41, 5.74) is 1.31. The summed E-state index contributed by atoms with van der Waals surface area (Å²) in [6, 6.07) is 0. The first-order chi connectivity index (χ1) is 5.67. The van der Waals surface area contributed by atoms with E-state index in [-0.39, 0.29) is 5.41 Å². The van der Waals surface area contributed by atoms with Crippen LogP contribution in [0.5, 0.6) is 0 Å². The quantitative estimate of drug-likeness (QED) is 0.530. The Morgan fingerprint density at radius 2 is 2.25 bits per heavy atom. The van der Waals surface area contributed by atoms with E-state index in [1.165, 1.54) is 0 Å². The van der Waals surface area contributed by atoms with E-state index < -0.39 is 0 Å². The molecule has 0 atom stereocenters. The molecule has 0 radical (unpaired) electrons. The van der Waals surface area contributed by atoms with E-state index in [9.17, 15) is 0 Å². The van der Waals surface area contributed by atoms with E-state index in [0.717, 1.165) is 5.70 Å². The van der Waals surface area contributed by atoms with Crippen LogP contribution < -0.4 is 0 Å². The fourth-order valence-electron chi connectivity index (χ4n) is 1.33. The van der Waals surface area contributed by atoms with Crippen LogP contribution in [0, 0.1) is 5.41 Å². The Balaban J connectivity index is 2.36. The first-order valence-corrected chi connectivity index (χ1v) is 4.09. The maximum absolute atomic E-state index is 4.18. The smallest absolute Gasteiger partial charge is 0.0614 e. The molecule has 0 amide bonds. The molecule has 0 aliphatic carbocycles. The van der Waals surface area contributed by atoms with Gasteiger partial charge in [-0.15, -0.1) is 0 Å². The van der Waals surface area contributed by atoms with Crippen molar-refractivity contribution in [3.05, 3.63) is 36.2 Å². The van der Waals surface area contributed by atoms with Crippen LogP contribution >= 0.6 is 0 Å². The third-order valence-electron chi connectivity index (χ3n) is 1.97. The van der Waals surface area contributed by atoms with Gasteiger partial charge in [0, 0.05) is 17.8 Å². The Labute approximate surface area is 72.6 Å². The van der Waals surface area contributed by atoms with Gasteiger partial charge in [-0.25, -0.2) is 5.01 Å². The standard InChI is InChI=1S/C10H12N2/c1-10(2)5-7-12-9(8-10)4-3-6-11-12/h3-8H,1-2H3. The third-order valence-corrected chi connectivity index (χ3v) is 1.97. The van der Waals surface area contributed by atoms with Crippen LogP contribution in [0.3, 0.4) is 0 Å². The number of hydrogen-bond donors (Lipinski definition) is 0. The van der Waals surface area contributed by atoms with Crippen LogP contribution in [-0.4, -0.2) is 11.2 Å². The molecule has 0 N–H and O–H groups in total. The minimum Gasteiger partial charge on any atom is -0.242 e. The second-order valence-electron chi connectivity index (χ2n) is 3.67. The van der Waals surface area contributed by atoms with Crippen molar-refractivity contribution in [1.29, 1.82) is 0 Å². The molecule has 2 aliphatic heterocycles. The number of allylic oxidation sites excluding steroid dienone is 4. The van der Waals surface area contributed by atoms with Crippen LogP contribution in [0.25, 0.3) is 0 Å². The number of nitrogens with zero attached hydrogens (tertiary/aromatic N) is 2. The molecule has 0 saturated heterocycles. The van der Waals surface area contributed by atoms with Gasteiger partial charge in [0.05, 0.1) is 5.70 Å². The van der Waals surface area contributed by atoms with Gasteiger partial charge in [0.25, 0.3) is 0 Å². The van der Waals surface area contributed by atoms with Gasteiger partial charge in [-0.3, -0.25) is 0 Å². The highest BCUT2D eigenvalue weighted by Gasteiger charge is 2.19. The first kappa shape index (κ1) is 7.35. The van der Waals surface area contributed by atoms with Gasteiger partial charge >= 0.3 is 0 Å². The zero-order valence-electron chi connectivity index (χ0n) is 7.36. The summed E-state index contributed by atoms with van der Waals surface area (Å²) >= 11 is 0. The molecule has 0 aromatic rings. The van der Waals surface area contributed by atoms with Gasteiger partial charge in [0.1, 0.15) is 0 Å². The molecule has 2 rings (SSSR count). The Morgan fingerprint density at radius 3 is 3.08 bits per heavy atom. The Bertz CT molecular complexity index is 306. The van der Waals surface area contributed by atoms with Gasteiger partial charge in [-0.2, -0.15) is 5.10 Å². The molecule has 0 aromatic heterocycles. The highest BCUT2D eigenvalue weighted by atomic mass is 15.4. The summed E-state index contributed by atoms with van der Waals surface area (Å²) in [6.07, 6.45) is 12.2. The molecule has 2 aliphatic rings. The van der Waals surface area contributed by atoms with E-state index >= 15 is 0 Å². The Hall–Kier alpha value is -1.31. The predicted octanol–water partition coefficient (Wildman–Crippen LogP) is 2.28. The summed E-state index contributed by atoms with van der Waals surface area (Å²) in [4.78, 5) is 0. The van der Waals surface area contributed by atoms with Gasteiger partial charge in [0.2, 0.25) is 0 Å². The van der Waals surface area contributed by atoms with Crippen LogP contribution in [0.2, 0.25) is 0 Å². The monoisotopic (exact) mass is 160 g/mol. The van der Waals surface area contributed by atoms with Crippen molar-refractivity contribution in [2.45, 2.75) is 13.8 Å². The number of hydrogen-bond acceptors (Lipinski definition) is 2. The van der Waals surface area contributed by atoms with Crippen LogP contribution in [0.1, 0.15) is 13.8 Å². The summed E-state index contributed by atoms with van der Waals surface area (Å²) in [5.74, 6) is 0. The lowest BCUT2D eigenvalue weighted by Crippen LogP contribution is -2.19. The fourth-order valence-corrected chi connectivity index (χ4v) is 1.33. The van der Waals surface area contributed by atoms with Crippen LogP contribution in [-0.2, 0) is 0 Å². The number of rotatable bonds is 0. The van der Waals surface area contributed by atoms with E-state index in [1.807, 2.05) is 17.3 Å².